The van der Waals surface area contributed by atoms with Crippen molar-refractivity contribution in [2.45, 2.75) is 20.0 Å². The molecule has 2 aromatic heterocycles. The zero-order valence-corrected chi connectivity index (χ0v) is 13.5. The molecular weight excluding hydrogens is 326 g/mol. The van der Waals surface area contributed by atoms with Gasteiger partial charge in [-0.1, -0.05) is 6.07 Å². The molecule has 0 bridgehead atoms. The molecule has 0 saturated heterocycles. The average Bonchev–Trinajstić information content (AvgIpc) is 2.55. The molecule has 0 fully saturated rings. The van der Waals surface area contributed by atoms with Crippen molar-refractivity contribution in [3.05, 3.63) is 52.1 Å². The molecule has 0 radical (unpaired) electrons. The number of carbonyl (C=O) groups excluding carboxylic acids is 1. The normalized spacial score (nSPS) is 12.3. The summed E-state index contributed by atoms with van der Waals surface area (Å²) in [5.41, 5.74) is 0.365. The SMILES string of the molecule is Cc1cn2c(=O)c(C(=O)O)cnc2c2cc(NC(=O)C(C)O)ccc12. The number of carboxylic acids is 1. The number of anilines is 1. The summed E-state index contributed by atoms with van der Waals surface area (Å²) >= 11 is 0. The van der Waals surface area contributed by atoms with E-state index in [0.29, 0.717) is 11.1 Å². The molecule has 8 heteroatoms. The highest BCUT2D eigenvalue weighted by Crippen LogP contribution is 2.25. The van der Waals surface area contributed by atoms with Gasteiger partial charge in [-0.25, -0.2) is 9.78 Å². The number of fused-ring (bicyclic) bond motifs is 3. The molecule has 2 heterocycles. The Morgan fingerprint density at radius 1 is 1.28 bits per heavy atom. The van der Waals surface area contributed by atoms with Gasteiger partial charge in [0.2, 0.25) is 0 Å². The van der Waals surface area contributed by atoms with Gasteiger partial charge < -0.3 is 15.5 Å². The number of hydrogen-bond donors (Lipinski definition) is 3. The number of carbonyl (C=O) groups is 2. The Labute approximate surface area is 141 Å². The topological polar surface area (TPSA) is 121 Å². The van der Waals surface area contributed by atoms with E-state index in [1.807, 2.05) is 0 Å². The lowest BCUT2D eigenvalue weighted by Crippen LogP contribution is -2.24. The van der Waals surface area contributed by atoms with E-state index in [-0.39, 0.29) is 5.65 Å². The number of aryl methyl sites for hydroxylation is 1. The summed E-state index contributed by atoms with van der Waals surface area (Å²) in [6.45, 7) is 3.14. The summed E-state index contributed by atoms with van der Waals surface area (Å²) in [5.74, 6) is -1.91. The van der Waals surface area contributed by atoms with Gasteiger partial charge in [0, 0.05) is 23.5 Å². The van der Waals surface area contributed by atoms with Crippen LogP contribution in [0.3, 0.4) is 0 Å². The van der Waals surface area contributed by atoms with E-state index in [2.05, 4.69) is 10.3 Å². The summed E-state index contributed by atoms with van der Waals surface area (Å²) in [5, 5.41) is 22.3. The molecule has 1 aromatic carbocycles. The lowest BCUT2D eigenvalue weighted by atomic mass is 10.1. The maximum atomic E-state index is 12.4. The fraction of sp³-hybridized carbons (Fsp3) is 0.176. The number of amides is 1. The molecular formula is C17H15N3O5. The Balaban J connectivity index is 2.29. The number of carboxylic acid groups (broad SMARTS) is 1. The lowest BCUT2D eigenvalue weighted by molar-refractivity contribution is -0.123. The fourth-order valence-electron chi connectivity index (χ4n) is 2.60. The van der Waals surface area contributed by atoms with Gasteiger partial charge >= 0.3 is 5.97 Å². The van der Waals surface area contributed by atoms with Gasteiger partial charge in [0.1, 0.15) is 17.3 Å². The van der Waals surface area contributed by atoms with E-state index < -0.39 is 29.1 Å². The average molecular weight is 341 g/mol. The quantitative estimate of drug-likeness (QED) is 0.615. The zero-order valence-electron chi connectivity index (χ0n) is 13.5. The van der Waals surface area contributed by atoms with Crippen LogP contribution >= 0.6 is 0 Å². The van der Waals surface area contributed by atoms with Crippen molar-refractivity contribution in [3.63, 3.8) is 0 Å². The molecule has 0 saturated carbocycles. The van der Waals surface area contributed by atoms with Crippen molar-refractivity contribution >= 4 is 34.0 Å². The van der Waals surface area contributed by atoms with Gasteiger partial charge in [0.25, 0.3) is 11.5 Å². The number of aliphatic hydroxyl groups is 1. The Bertz CT molecular complexity index is 1090. The van der Waals surface area contributed by atoms with E-state index in [1.165, 1.54) is 17.5 Å². The van der Waals surface area contributed by atoms with Crippen LogP contribution in [0.15, 0.2) is 35.4 Å². The number of hydrogen-bond acceptors (Lipinski definition) is 5. The summed E-state index contributed by atoms with van der Waals surface area (Å²) in [7, 11) is 0. The summed E-state index contributed by atoms with van der Waals surface area (Å²) < 4.78 is 1.18. The summed E-state index contributed by atoms with van der Waals surface area (Å²) in [4.78, 5) is 39.2. The maximum Gasteiger partial charge on any atom is 0.342 e. The monoisotopic (exact) mass is 341 g/mol. The van der Waals surface area contributed by atoms with E-state index >= 15 is 0 Å². The van der Waals surface area contributed by atoms with Gasteiger partial charge in [0.05, 0.1) is 0 Å². The van der Waals surface area contributed by atoms with Crippen molar-refractivity contribution in [1.82, 2.24) is 9.38 Å². The molecule has 8 nitrogen and oxygen atoms in total. The number of nitrogens with one attached hydrogen (secondary N) is 1. The number of nitrogens with zero attached hydrogens (tertiary/aromatic N) is 2. The van der Waals surface area contributed by atoms with Gasteiger partial charge in [-0.15, -0.1) is 0 Å². The number of aromatic nitrogens is 2. The molecule has 1 unspecified atom stereocenters. The standard InChI is InChI=1S/C17H15N3O5/c1-8-7-20-14(18-6-13(16(20)23)17(24)25)12-5-10(3-4-11(8)12)19-15(22)9(2)21/h3-7,9,21H,1-2H3,(H,19,22)(H,24,25). The molecule has 0 aliphatic rings. The van der Waals surface area contributed by atoms with Crippen LogP contribution in [0.2, 0.25) is 0 Å². The minimum atomic E-state index is -1.34. The van der Waals surface area contributed by atoms with Crippen molar-refractivity contribution in [2.24, 2.45) is 0 Å². The van der Waals surface area contributed by atoms with Crippen molar-refractivity contribution in [2.75, 3.05) is 5.32 Å². The highest BCUT2D eigenvalue weighted by molar-refractivity contribution is 6.01. The second-order valence-corrected chi connectivity index (χ2v) is 5.71. The fourth-order valence-corrected chi connectivity index (χ4v) is 2.60. The third-order valence-corrected chi connectivity index (χ3v) is 3.88. The number of rotatable bonds is 3. The van der Waals surface area contributed by atoms with Gasteiger partial charge in [0.15, 0.2) is 0 Å². The van der Waals surface area contributed by atoms with Crippen LogP contribution in [0.4, 0.5) is 5.69 Å². The van der Waals surface area contributed by atoms with E-state index in [4.69, 9.17) is 5.11 Å². The number of benzene rings is 1. The Kier molecular flexibility index (Phi) is 3.97. The number of aliphatic hydroxyl groups excluding tert-OH is 1. The Hall–Kier alpha value is -3.26. The van der Waals surface area contributed by atoms with Crippen LogP contribution in [0, 0.1) is 6.92 Å². The first-order valence-corrected chi connectivity index (χ1v) is 7.46. The molecule has 1 atom stereocenters. The first-order chi connectivity index (χ1) is 11.8. The van der Waals surface area contributed by atoms with Crippen LogP contribution in [-0.2, 0) is 4.79 Å². The van der Waals surface area contributed by atoms with E-state index in [0.717, 1.165) is 17.1 Å². The minimum Gasteiger partial charge on any atom is -0.477 e. The van der Waals surface area contributed by atoms with Crippen molar-refractivity contribution in [1.29, 1.82) is 0 Å². The van der Waals surface area contributed by atoms with Crippen LogP contribution < -0.4 is 10.9 Å². The van der Waals surface area contributed by atoms with Gasteiger partial charge in [-0.2, -0.15) is 0 Å². The number of pyridine rings is 1. The van der Waals surface area contributed by atoms with Crippen LogP contribution in [0.5, 0.6) is 0 Å². The largest absolute Gasteiger partial charge is 0.477 e. The van der Waals surface area contributed by atoms with Gasteiger partial charge in [-0.05, 0) is 36.9 Å². The van der Waals surface area contributed by atoms with Crippen LogP contribution in [0.1, 0.15) is 22.8 Å². The third kappa shape index (κ3) is 2.83. The lowest BCUT2D eigenvalue weighted by Gasteiger charge is -2.12. The molecule has 3 aromatic rings. The first-order valence-electron chi connectivity index (χ1n) is 7.46. The second-order valence-electron chi connectivity index (χ2n) is 5.71. The summed E-state index contributed by atoms with van der Waals surface area (Å²) in [6, 6.07) is 5.07. The van der Waals surface area contributed by atoms with E-state index in [1.54, 1.807) is 25.1 Å². The molecule has 1 amide bonds. The van der Waals surface area contributed by atoms with E-state index in [9.17, 15) is 19.5 Å². The molecule has 25 heavy (non-hydrogen) atoms. The molecule has 0 spiro atoms. The molecule has 0 aliphatic heterocycles. The first kappa shape index (κ1) is 16.6. The summed E-state index contributed by atoms with van der Waals surface area (Å²) in [6.07, 6.45) is 1.40. The third-order valence-electron chi connectivity index (χ3n) is 3.88. The molecule has 128 valence electrons. The number of aromatic carboxylic acids is 1. The Morgan fingerprint density at radius 3 is 2.64 bits per heavy atom. The highest BCUT2D eigenvalue weighted by atomic mass is 16.4. The zero-order chi connectivity index (χ0) is 18.3. The van der Waals surface area contributed by atoms with Crippen molar-refractivity contribution < 1.29 is 19.8 Å². The minimum absolute atomic E-state index is 0.281. The van der Waals surface area contributed by atoms with Crippen molar-refractivity contribution in [3.8, 4) is 0 Å². The Morgan fingerprint density at radius 2 is 2.00 bits per heavy atom. The smallest absolute Gasteiger partial charge is 0.342 e. The van der Waals surface area contributed by atoms with Crippen LogP contribution in [-0.4, -0.2) is 37.6 Å². The van der Waals surface area contributed by atoms with Gasteiger partial charge in [-0.3, -0.25) is 14.0 Å². The second kappa shape index (κ2) is 5.99. The predicted octanol–water partition coefficient (Wildman–Crippen LogP) is 1.17. The van der Waals surface area contributed by atoms with Crippen LogP contribution in [0.25, 0.3) is 16.4 Å². The maximum absolute atomic E-state index is 12.4. The molecule has 3 rings (SSSR count). The predicted molar refractivity (Wildman–Crippen MR) is 91.0 cm³/mol. The molecule has 0 aliphatic carbocycles. The highest BCUT2D eigenvalue weighted by Gasteiger charge is 2.15. The molecule has 3 N–H and O–H groups in total.